The van der Waals surface area contributed by atoms with Crippen LogP contribution in [0.3, 0.4) is 0 Å². The molecule has 1 heterocycles. The summed E-state index contributed by atoms with van der Waals surface area (Å²) in [6.07, 6.45) is 1.66. The average molecular weight is 279 g/mol. The lowest BCUT2D eigenvalue weighted by Gasteiger charge is -2.07. The zero-order chi connectivity index (χ0) is 11.4. The molecule has 1 aromatic heterocycles. The van der Waals surface area contributed by atoms with E-state index >= 15 is 0 Å². The number of rotatable bonds is 3. The Morgan fingerprint density at radius 2 is 2.00 bits per heavy atom. The lowest BCUT2D eigenvalue weighted by Crippen LogP contribution is -2.00. The van der Waals surface area contributed by atoms with Crippen LogP contribution in [0, 0.1) is 0 Å². The van der Waals surface area contributed by atoms with Crippen LogP contribution in [0.2, 0.25) is 0 Å². The van der Waals surface area contributed by atoms with Gasteiger partial charge in [0.2, 0.25) is 5.88 Å². The third kappa shape index (κ3) is 2.73. The molecule has 0 aliphatic heterocycles. The minimum absolute atomic E-state index is 0.465. The highest BCUT2D eigenvalue weighted by molar-refractivity contribution is 9.10. The van der Waals surface area contributed by atoms with E-state index in [4.69, 9.17) is 10.5 Å². The molecule has 0 unspecified atom stereocenters. The molecule has 3 nitrogen and oxygen atoms in total. The van der Waals surface area contributed by atoms with Crippen molar-refractivity contribution in [2.24, 2.45) is 0 Å². The minimum Gasteiger partial charge on any atom is -0.471 e. The molecule has 1 aromatic carbocycles. The van der Waals surface area contributed by atoms with Gasteiger partial charge in [-0.3, -0.25) is 0 Å². The Morgan fingerprint density at radius 1 is 1.25 bits per heavy atom. The first-order valence-electron chi connectivity index (χ1n) is 4.83. The fraction of sp³-hybridized carbons (Fsp3) is 0.0833. The number of aromatic nitrogens is 1. The molecule has 0 fully saturated rings. The predicted octanol–water partition coefficient (Wildman–Crippen LogP) is 3.01. The Kier molecular flexibility index (Phi) is 3.41. The average Bonchev–Trinajstić information content (AvgIpc) is 2.29. The second-order valence-electron chi connectivity index (χ2n) is 3.32. The summed E-state index contributed by atoms with van der Waals surface area (Å²) in [5.74, 6) is 0.465. The maximum absolute atomic E-state index is 5.77. The predicted molar refractivity (Wildman–Crippen MR) is 67.1 cm³/mol. The molecule has 0 saturated heterocycles. The first-order valence-corrected chi connectivity index (χ1v) is 5.63. The van der Waals surface area contributed by atoms with Crippen molar-refractivity contribution in [3.05, 3.63) is 52.6 Å². The number of ether oxygens (including phenoxy) is 1. The molecule has 0 amide bonds. The highest BCUT2D eigenvalue weighted by Crippen LogP contribution is 2.22. The molecule has 0 aliphatic carbocycles. The smallest absolute Gasteiger partial charge is 0.237 e. The zero-order valence-corrected chi connectivity index (χ0v) is 10.1. The van der Waals surface area contributed by atoms with Crippen LogP contribution in [0.5, 0.6) is 5.88 Å². The van der Waals surface area contributed by atoms with Crippen molar-refractivity contribution in [2.75, 3.05) is 5.73 Å². The van der Waals surface area contributed by atoms with Gasteiger partial charge in [-0.2, -0.15) is 0 Å². The van der Waals surface area contributed by atoms with Gasteiger partial charge in [-0.1, -0.05) is 30.3 Å². The first-order chi connectivity index (χ1) is 7.75. The molecular formula is C12H11BrN2O. The third-order valence-electron chi connectivity index (χ3n) is 2.06. The van der Waals surface area contributed by atoms with Crippen molar-refractivity contribution in [3.63, 3.8) is 0 Å². The van der Waals surface area contributed by atoms with Gasteiger partial charge in [-0.25, -0.2) is 4.98 Å². The topological polar surface area (TPSA) is 48.1 Å². The monoisotopic (exact) mass is 278 g/mol. The van der Waals surface area contributed by atoms with Crippen LogP contribution in [0.1, 0.15) is 5.56 Å². The standard InChI is InChI=1S/C12H11BrN2O/c13-10-6-11(14)12(15-7-10)16-8-9-4-2-1-3-5-9/h1-7H,8,14H2. The minimum atomic E-state index is 0.465. The fourth-order valence-electron chi connectivity index (χ4n) is 1.29. The van der Waals surface area contributed by atoms with E-state index in [1.165, 1.54) is 0 Å². The van der Waals surface area contributed by atoms with E-state index in [9.17, 15) is 0 Å². The van der Waals surface area contributed by atoms with E-state index in [1.807, 2.05) is 30.3 Å². The molecule has 0 aliphatic rings. The Bertz CT molecular complexity index is 474. The molecule has 0 saturated carbocycles. The second kappa shape index (κ2) is 4.99. The highest BCUT2D eigenvalue weighted by Gasteiger charge is 2.02. The van der Waals surface area contributed by atoms with Gasteiger partial charge in [0.05, 0.1) is 5.69 Å². The molecule has 16 heavy (non-hydrogen) atoms. The van der Waals surface area contributed by atoms with Gasteiger partial charge in [-0.05, 0) is 27.6 Å². The lowest BCUT2D eigenvalue weighted by atomic mass is 10.2. The Morgan fingerprint density at radius 3 is 2.69 bits per heavy atom. The molecule has 0 spiro atoms. The quantitative estimate of drug-likeness (QED) is 0.939. The van der Waals surface area contributed by atoms with Crippen molar-refractivity contribution in [1.82, 2.24) is 4.98 Å². The second-order valence-corrected chi connectivity index (χ2v) is 4.24. The van der Waals surface area contributed by atoms with Crippen molar-refractivity contribution in [1.29, 1.82) is 0 Å². The molecule has 4 heteroatoms. The summed E-state index contributed by atoms with van der Waals surface area (Å²) in [5.41, 5.74) is 7.39. The number of benzene rings is 1. The summed E-state index contributed by atoms with van der Waals surface area (Å²) in [6.45, 7) is 0.472. The van der Waals surface area contributed by atoms with Crippen LogP contribution < -0.4 is 10.5 Å². The molecular weight excluding hydrogens is 268 g/mol. The summed E-state index contributed by atoms with van der Waals surface area (Å²) in [7, 11) is 0. The summed E-state index contributed by atoms with van der Waals surface area (Å²) in [6, 6.07) is 11.7. The van der Waals surface area contributed by atoms with Crippen LogP contribution in [0.25, 0.3) is 0 Å². The van der Waals surface area contributed by atoms with Crippen molar-refractivity contribution in [3.8, 4) is 5.88 Å². The number of halogens is 1. The summed E-state index contributed by atoms with van der Waals surface area (Å²) < 4.78 is 6.37. The van der Waals surface area contributed by atoms with Crippen LogP contribution in [-0.4, -0.2) is 4.98 Å². The van der Waals surface area contributed by atoms with Gasteiger partial charge in [0.25, 0.3) is 0 Å². The summed E-state index contributed by atoms with van der Waals surface area (Å²) in [4.78, 5) is 4.10. The Balaban J connectivity index is 2.05. The summed E-state index contributed by atoms with van der Waals surface area (Å²) >= 11 is 3.29. The number of hydrogen-bond donors (Lipinski definition) is 1. The van der Waals surface area contributed by atoms with Crippen molar-refractivity contribution in [2.45, 2.75) is 6.61 Å². The number of nitrogens with zero attached hydrogens (tertiary/aromatic N) is 1. The van der Waals surface area contributed by atoms with Gasteiger partial charge < -0.3 is 10.5 Å². The van der Waals surface area contributed by atoms with Gasteiger partial charge in [0.15, 0.2) is 0 Å². The van der Waals surface area contributed by atoms with E-state index in [1.54, 1.807) is 12.3 Å². The van der Waals surface area contributed by atoms with E-state index < -0.39 is 0 Å². The fourth-order valence-corrected chi connectivity index (χ4v) is 1.64. The molecule has 2 N–H and O–H groups in total. The number of pyridine rings is 1. The number of nitrogen functional groups attached to an aromatic ring is 1. The lowest BCUT2D eigenvalue weighted by molar-refractivity contribution is 0.295. The van der Waals surface area contributed by atoms with E-state index in [0.29, 0.717) is 18.2 Å². The highest BCUT2D eigenvalue weighted by atomic mass is 79.9. The van der Waals surface area contributed by atoms with E-state index in [0.717, 1.165) is 10.0 Å². The largest absolute Gasteiger partial charge is 0.471 e. The maximum atomic E-state index is 5.77. The van der Waals surface area contributed by atoms with Crippen LogP contribution in [0.4, 0.5) is 5.69 Å². The SMILES string of the molecule is Nc1cc(Br)cnc1OCc1ccccc1. The Hall–Kier alpha value is -1.55. The normalized spacial score (nSPS) is 10.1. The zero-order valence-electron chi connectivity index (χ0n) is 8.56. The van der Waals surface area contributed by atoms with Crippen molar-refractivity contribution >= 4 is 21.6 Å². The molecule has 0 bridgehead atoms. The third-order valence-corrected chi connectivity index (χ3v) is 2.50. The molecule has 0 radical (unpaired) electrons. The Labute approximate surface area is 102 Å². The molecule has 2 rings (SSSR count). The van der Waals surface area contributed by atoms with Gasteiger partial charge in [0, 0.05) is 10.7 Å². The number of nitrogens with two attached hydrogens (primary N) is 1. The van der Waals surface area contributed by atoms with Crippen LogP contribution >= 0.6 is 15.9 Å². The van der Waals surface area contributed by atoms with E-state index in [2.05, 4.69) is 20.9 Å². The summed E-state index contributed by atoms with van der Waals surface area (Å²) in [5, 5.41) is 0. The molecule has 82 valence electrons. The van der Waals surface area contributed by atoms with Gasteiger partial charge in [0.1, 0.15) is 6.61 Å². The van der Waals surface area contributed by atoms with Gasteiger partial charge in [-0.15, -0.1) is 0 Å². The van der Waals surface area contributed by atoms with Crippen LogP contribution in [-0.2, 0) is 6.61 Å². The maximum Gasteiger partial charge on any atom is 0.237 e. The molecule has 0 atom stereocenters. The van der Waals surface area contributed by atoms with E-state index in [-0.39, 0.29) is 0 Å². The number of hydrogen-bond acceptors (Lipinski definition) is 3. The molecule has 2 aromatic rings. The van der Waals surface area contributed by atoms with Crippen molar-refractivity contribution < 1.29 is 4.74 Å². The first kappa shape index (κ1) is 11.0. The van der Waals surface area contributed by atoms with Crippen LogP contribution in [0.15, 0.2) is 47.1 Å². The van der Waals surface area contributed by atoms with Gasteiger partial charge >= 0.3 is 0 Å². The number of anilines is 1.